The molecule has 12 heteroatoms. The maximum Gasteiger partial charge on any atom is 2.00 e. The SMILES string of the molecule is O=P([O-])([O-])O.O=S(=O)([O-])[O-].[Fe+2].[Mg+2]. The molecular weight excluding hydrogens is 271 g/mol. The van der Waals surface area contributed by atoms with Gasteiger partial charge in [-0.15, -0.1) is 0 Å². The van der Waals surface area contributed by atoms with Crippen LogP contribution < -0.4 is 9.79 Å². The Morgan fingerprint density at radius 1 is 1.17 bits per heavy atom. The van der Waals surface area contributed by atoms with Crippen LogP contribution in [-0.4, -0.2) is 45.5 Å². The molecule has 0 saturated carbocycles. The molecule has 0 atom stereocenters. The van der Waals surface area contributed by atoms with Crippen molar-refractivity contribution in [2.45, 2.75) is 0 Å². The Kier molecular flexibility index (Phi) is 17.1. The van der Waals surface area contributed by atoms with Crippen LogP contribution in [0, 0.1) is 0 Å². The van der Waals surface area contributed by atoms with Gasteiger partial charge >= 0.3 is 40.1 Å². The van der Waals surface area contributed by atoms with E-state index in [1.165, 1.54) is 0 Å². The van der Waals surface area contributed by atoms with Gasteiger partial charge in [0.2, 0.25) is 0 Å². The largest absolute Gasteiger partial charge is 2.00 e. The van der Waals surface area contributed by atoms with Crippen molar-refractivity contribution in [1.82, 2.24) is 0 Å². The van der Waals surface area contributed by atoms with Crippen LogP contribution in [0.15, 0.2) is 0 Å². The summed E-state index contributed by atoms with van der Waals surface area (Å²) in [6.07, 6.45) is 0. The summed E-state index contributed by atoms with van der Waals surface area (Å²) in [5, 5.41) is 0. The molecule has 0 aromatic heterocycles. The fraction of sp³-hybridized carbons (Fsp3) is 0. The quantitative estimate of drug-likeness (QED) is 0.202. The molecule has 1 N–H and O–H groups in total. The van der Waals surface area contributed by atoms with Crippen molar-refractivity contribution in [3.63, 3.8) is 0 Å². The average Bonchev–Trinajstić information content (AvgIpc) is 1.12. The van der Waals surface area contributed by atoms with Crippen LogP contribution in [0.3, 0.4) is 0 Å². The molecule has 0 bridgehead atoms. The zero-order valence-electron chi connectivity index (χ0n) is 5.22. The van der Waals surface area contributed by atoms with Gasteiger partial charge in [-0.3, -0.25) is 8.42 Å². The van der Waals surface area contributed by atoms with Gasteiger partial charge in [-0.2, -0.15) is 0 Å². The molecule has 0 spiro atoms. The first-order valence-electron chi connectivity index (χ1n) is 1.41. The van der Waals surface area contributed by atoms with Crippen LogP contribution in [0.1, 0.15) is 0 Å². The Morgan fingerprint density at radius 2 is 1.17 bits per heavy atom. The summed E-state index contributed by atoms with van der Waals surface area (Å²) in [5.41, 5.74) is 0. The second-order valence-electron chi connectivity index (χ2n) is 0.877. The third-order valence-corrected chi connectivity index (χ3v) is 0. The van der Waals surface area contributed by atoms with Crippen LogP contribution in [-0.2, 0) is 32.0 Å². The minimum absolute atomic E-state index is 0. The fourth-order valence-electron chi connectivity index (χ4n) is 0. The van der Waals surface area contributed by atoms with E-state index in [1.54, 1.807) is 0 Å². The van der Waals surface area contributed by atoms with Gasteiger partial charge in [-0.05, 0) is 0 Å². The molecule has 0 amide bonds. The minimum Gasteiger partial charge on any atom is -0.790 e. The molecule has 8 nitrogen and oxygen atoms in total. The molecule has 0 unspecified atom stereocenters. The molecule has 0 aliphatic rings. The molecule has 0 radical (unpaired) electrons. The van der Waals surface area contributed by atoms with Crippen LogP contribution in [0.2, 0.25) is 0 Å². The second-order valence-corrected chi connectivity index (χ2v) is 2.63. The number of phosphoric acid groups is 1. The second kappa shape index (κ2) is 8.85. The Bertz CT molecular complexity index is 197. The van der Waals surface area contributed by atoms with Gasteiger partial charge in [0.15, 0.2) is 0 Å². The predicted octanol–water partition coefficient (Wildman–Crippen LogP) is -3.91. The first-order chi connectivity index (χ1) is 4.00. The fourth-order valence-corrected chi connectivity index (χ4v) is 0. The van der Waals surface area contributed by atoms with E-state index in [4.69, 9.17) is 36.8 Å². The summed E-state index contributed by atoms with van der Waals surface area (Å²) < 4.78 is 42.7. The molecule has 0 aliphatic carbocycles. The summed E-state index contributed by atoms with van der Waals surface area (Å²) >= 11 is 0. The summed E-state index contributed by atoms with van der Waals surface area (Å²) in [6.45, 7) is 0. The molecule has 12 heavy (non-hydrogen) atoms. The normalized spacial score (nSPS) is 9.75. The van der Waals surface area contributed by atoms with E-state index in [2.05, 4.69) is 0 Å². The third kappa shape index (κ3) is 741. The topological polar surface area (TPSA) is 164 Å². The van der Waals surface area contributed by atoms with E-state index in [0.717, 1.165) is 0 Å². The summed E-state index contributed by atoms with van der Waals surface area (Å²) in [4.78, 5) is 24.3. The van der Waals surface area contributed by atoms with Crippen molar-refractivity contribution in [2.75, 3.05) is 0 Å². The van der Waals surface area contributed by atoms with Crippen LogP contribution in [0.5, 0.6) is 0 Å². The zero-order valence-corrected chi connectivity index (χ0v) is 9.45. The van der Waals surface area contributed by atoms with Gasteiger partial charge in [-0.1, -0.05) is 0 Å². The standard InChI is InChI=1S/Fe.Mg.H3O4P.H2O4S/c;;2*1-5(2,3)4/h;;(H3,1,2,3,4);(H2,1,2,3,4)/q2*+2;;/p-4. The van der Waals surface area contributed by atoms with Gasteiger partial charge in [0.25, 0.3) is 0 Å². The van der Waals surface area contributed by atoms with Crippen molar-refractivity contribution < 1.29 is 53.8 Å². The Balaban J connectivity index is -0.0000000457. The first-order valence-corrected chi connectivity index (χ1v) is 4.24. The third-order valence-electron chi connectivity index (χ3n) is 0. The molecule has 0 saturated heterocycles. The Labute approximate surface area is 94.8 Å². The van der Waals surface area contributed by atoms with E-state index in [1.807, 2.05) is 0 Å². The minimum atomic E-state index is -5.17. The maximum absolute atomic E-state index is 8.66. The van der Waals surface area contributed by atoms with E-state index in [0.29, 0.717) is 0 Å². The van der Waals surface area contributed by atoms with Gasteiger partial charge < -0.3 is 28.4 Å². The Morgan fingerprint density at radius 3 is 1.17 bits per heavy atom. The summed E-state index contributed by atoms with van der Waals surface area (Å²) in [6, 6.07) is 0. The average molecular weight is 272 g/mol. The van der Waals surface area contributed by atoms with Gasteiger partial charge in [0.05, 0.1) is 7.82 Å². The van der Waals surface area contributed by atoms with E-state index < -0.39 is 18.2 Å². The molecule has 0 aromatic rings. The van der Waals surface area contributed by atoms with Crippen LogP contribution in [0.25, 0.3) is 0 Å². The van der Waals surface area contributed by atoms with Gasteiger partial charge in [0, 0.05) is 10.4 Å². The smallest absolute Gasteiger partial charge is 0.790 e. The van der Waals surface area contributed by atoms with Crippen molar-refractivity contribution in [2.24, 2.45) is 0 Å². The predicted molar refractivity (Wildman–Crippen MR) is 26.1 cm³/mol. The zero-order chi connectivity index (χ0) is 9.00. The summed E-state index contributed by atoms with van der Waals surface area (Å²) in [5.74, 6) is 0. The molecule has 0 aliphatic heterocycles. The van der Waals surface area contributed by atoms with E-state index in [-0.39, 0.29) is 40.1 Å². The van der Waals surface area contributed by atoms with Crippen molar-refractivity contribution in [3.05, 3.63) is 0 Å². The molecule has 0 heterocycles. The molecule has 0 fully saturated rings. The van der Waals surface area contributed by atoms with E-state index >= 15 is 0 Å². The monoisotopic (exact) mass is 272 g/mol. The first kappa shape index (κ1) is 23.2. The van der Waals surface area contributed by atoms with Crippen molar-refractivity contribution >= 4 is 41.3 Å². The number of rotatable bonds is 0. The van der Waals surface area contributed by atoms with Crippen LogP contribution in [0.4, 0.5) is 0 Å². The molecule has 0 rings (SSSR count). The van der Waals surface area contributed by atoms with Crippen LogP contribution >= 0.6 is 7.82 Å². The van der Waals surface area contributed by atoms with Crippen molar-refractivity contribution in [3.8, 4) is 0 Å². The Hall–Kier alpha value is 1.27. The van der Waals surface area contributed by atoms with E-state index in [9.17, 15) is 0 Å². The molecular formula is HFeMgO8PS. The number of hydrogen-bond donors (Lipinski definition) is 1. The van der Waals surface area contributed by atoms with Gasteiger partial charge in [0.1, 0.15) is 0 Å². The molecule has 70 valence electrons. The number of hydrogen-bond acceptors (Lipinski definition) is 7. The summed E-state index contributed by atoms with van der Waals surface area (Å²) in [7, 11) is -10.3. The maximum atomic E-state index is 8.66. The van der Waals surface area contributed by atoms with Gasteiger partial charge in [-0.25, -0.2) is 0 Å². The van der Waals surface area contributed by atoms with Crippen molar-refractivity contribution in [1.29, 1.82) is 0 Å². The molecule has 0 aromatic carbocycles.